The Labute approximate surface area is 72.6 Å². The first kappa shape index (κ1) is 8.18. The van der Waals surface area contributed by atoms with Crippen LogP contribution in [-0.4, -0.2) is 0 Å². The van der Waals surface area contributed by atoms with Gasteiger partial charge in [0.05, 0.1) is 22.2 Å². The maximum Gasteiger partial charge on any atom is 0.0812 e. The summed E-state index contributed by atoms with van der Waals surface area (Å²) in [5.74, 6) is 0. The van der Waals surface area contributed by atoms with Gasteiger partial charge in [0.15, 0.2) is 0 Å². The van der Waals surface area contributed by atoms with Gasteiger partial charge in [-0.05, 0) is 18.2 Å². The summed E-state index contributed by atoms with van der Waals surface area (Å²) < 4.78 is 11.9. The molecule has 1 aromatic carbocycles. The Bertz CT molecular complexity index is 239. The molecule has 0 radical (unpaired) electrons. The van der Waals surface area contributed by atoms with Gasteiger partial charge in [-0.2, -0.15) is 3.89 Å². The van der Waals surface area contributed by atoms with Crippen molar-refractivity contribution in [2.24, 2.45) is 0 Å². The summed E-state index contributed by atoms with van der Waals surface area (Å²) in [7, 11) is 0. The second-order valence-electron chi connectivity index (χ2n) is 1.65. The summed E-state index contributed by atoms with van der Waals surface area (Å²) >= 11 is 11.3. The quantitative estimate of drug-likeness (QED) is 0.656. The molecule has 0 aliphatic heterocycles. The van der Waals surface area contributed by atoms with Gasteiger partial charge in [-0.1, -0.05) is 23.2 Å². The molecule has 0 nitrogen and oxygen atoms in total. The zero-order valence-corrected chi connectivity index (χ0v) is 7.10. The van der Waals surface area contributed by atoms with Crippen LogP contribution < -0.4 is 0 Å². The molecule has 1 rings (SSSR count). The lowest BCUT2D eigenvalue weighted by Crippen LogP contribution is -1.69. The van der Waals surface area contributed by atoms with E-state index in [4.69, 9.17) is 23.2 Å². The highest BCUT2D eigenvalue weighted by Gasteiger charge is 1.98. The fourth-order valence-corrected chi connectivity index (χ4v) is 1.17. The van der Waals surface area contributed by atoms with Crippen molar-refractivity contribution in [2.45, 2.75) is 4.90 Å². The van der Waals surface area contributed by atoms with E-state index in [-0.39, 0.29) is 12.1 Å². The molecular formula is C6H3Cl2FS. The number of hydrogen-bond acceptors (Lipinski definition) is 1. The average molecular weight is 197 g/mol. The van der Waals surface area contributed by atoms with Gasteiger partial charge >= 0.3 is 0 Å². The van der Waals surface area contributed by atoms with Crippen LogP contribution in [0.4, 0.5) is 3.89 Å². The first-order valence-corrected chi connectivity index (χ1v) is 3.95. The molecule has 0 N–H and O–H groups in total. The maximum atomic E-state index is 11.9. The molecule has 0 atom stereocenters. The highest BCUT2D eigenvalue weighted by Crippen LogP contribution is 2.27. The molecule has 0 heterocycles. The van der Waals surface area contributed by atoms with Crippen LogP contribution in [0.15, 0.2) is 23.1 Å². The standard InChI is InChI=1S/C6H3Cl2FS/c7-5-2-1-4(10-9)3-6(5)8/h1-3H. The van der Waals surface area contributed by atoms with E-state index in [1.165, 1.54) is 6.07 Å². The third-order valence-electron chi connectivity index (χ3n) is 0.980. The molecule has 0 bridgehead atoms. The summed E-state index contributed by atoms with van der Waals surface area (Å²) in [5, 5.41) is 0.823. The SMILES string of the molecule is FSc1ccc(Cl)c(Cl)c1. The van der Waals surface area contributed by atoms with E-state index in [0.29, 0.717) is 14.9 Å². The fraction of sp³-hybridized carbons (Fsp3) is 0. The van der Waals surface area contributed by atoms with Crippen LogP contribution in [0.3, 0.4) is 0 Å². The molecule has 54 valence electrons. The molecule has 0 aliphatic carbocycles. The minimum absolute atomic E-state index is 0.149. The molecule has 10 heavy (non-hydrogen) atoms. The van der Waals surface area contributed by atoms with Gasteiger partial charge < -0.3 is 0 Å². The van der Waals surface area contributed by atoms with Crippen LogP contribution in [0, 0.1) is 0 Å². The second kappa shape index (κ2) is 3.46. The van der Waals surface area contributed by atoms with Gasteiger partial charge in [-0.25, -0.2) is 0 Å². The van der Waals surface area contributed by atoms with Crippen LogP contribution >= 0.6 is 35.3 Å². The lowest BCUT2D eigenvalue weighted by Gasteiger charge is -1.95. The summed E-state index contributed by atoms with van der Waals surface area (Å²) in [6.07, 6.45) is 0. The lowest BCUT2D eigenvalue weighted by molar-refractivity contribution is 0.934. The first-order chi connectivity index (χ1) is 4.74. The topological polar surface area (TPSA) is 0 Å². The Morgan fingerprint density at radius 2 is 1.90 bits per heavy atom. The van der Waals surface area contributed by atoms with Crippen molar-refractivity contribution in [2.75, 3.05) is 0 Å². The second-order valence-corrected chi connectivity index (χ2v) is 3.09. The molecule has 0 spiro atoms. The number of halogens is 3. The molecule has 4 heteroatoms. The Morgan fingerprint density at radius 1 is 1.20 bits per heavy atom. The molecule has 0 saturated heterocycles. The third kappa shape index (κ3) is 1.78. The van der Waals surface area contributed by atoms with Crippen LogP contribution in [0.1, 0.15) is 0 Å². The zero-order chi connectivity index (χ0) is 7.56. The Hall–Kier alpha value is 0.0800. The number of rotatable bonds is 1. The molecule has 0 aromatic heterocycles. The molecule has 0 aliphatic rings. The first-order valence-electron chi connectivity index (χ1n) is 2.47. The largest absolute Gasteiger partial charge is 0.160 e. The van der Waals surface area contributed by atoms with Gasteiger partial charge in [0, 0.05) is 4.90 Å². The van der Waals surface area contributed by atoms with Gasteiger partial charge in [0.1, 0.15) is 0 Å². The van der Waals surface area contributed by atoms with E-state index in [1.54, 1.807) is 12.1 Å². The van der Waals surface area contributed by atoms with Crippen LogP contribution in [0.5, 0.6) is 0 Å². The molecular weight excluding hydrogens is 194 g/mol. The van der Waals surface area contributed by atoms with Crippen molar-refractivity contribution >= 4 is 35.3 Å². The van der Waals surface area contributed by atoms with E-state index >= 15 is 0 Å². The van der Waals surface area contributed by atoms with Gasteiger partial charge in [0.25, 0.3) is 0 Å². The summed E-state index contributed by atoms with van der Waals surface area (Å²) in [5.41, 5.74) is 0. The number of benzene rings is 1. The van der Waals surface area contributed by atoms with Crippen molar-refractivity contribution in [1.82, 2.24) is 0 Å². The van der Waals surface area contributed by atoms with E-state index in [2.05, 4.69) is 0 Å². The highest BCUT2D eigenvalue weighted by molar-refractivity contribution is 7.94. The zero-order valence-electron chi connectivity index (χ0n) is 4.77. The van der Waals surface area contributed by atoms with Gasteiger partial charge in [0.2, 0.25) is 0 Å². The Kier molecular flexibility index (Phi) is 2.83. The van der Waals surface area contributed by atoms with E-state index in [1.807, 2.05) is 0 Å². The molecule has 0 fully saturated rings. The summed E-state index contributed by atoms with van der Waals surface area (Å²) in [6.45, 7) is 0. The highest BCUT2D eigenvalue weighted by atomic mass is 35.5. The Morgan fingerprint density at radius 3 is 2.40 bits per heavy atom. The third-order valence-corrected chi connectivity index (χ3v) is 2.15. The average Bonchev–Trinajstić information content (AvgIpc) is 1.95. The van der Waals surface area contributed by atoms with Crippen LogP contribution in [-0.2, 0) is 0 Å². The normalized spacial score (nSPS) is 9.90. The van der Waals surface area contributed by atoms with Crippen molar-refractivity contribution in [3.8, 4) is 0 Å². The van der Waals surface area contributed by atoms with Crippen molar-refractivity contribution in [3.63, 3.8) is 0 Å². The summed E-state index contributed by atoms with van der Waals surface area (Å²) in [4.78, 5) is 0.467. The predicted molar refractivity (Wildman–Crippen MR) is 43.4 cm³/mol. The van der Waals surface area contributed by atoms with E-state index in [9.17, 15) is 3.89 Å². The monoisotopic (exact) mass is 196 g/mol. The minimum atomic E-state index is 0.149. The van der Waals surface area contributed by atoms with Gasteiger partial charge in [-0.3, -0.25) is 0 Å². The predicted octanol–water partition coefficient (Wildman–Crippen LogP) is 3.97. The molecule has 0 saturated carbocycles. The molecule has 0 unspecified atom stereocenters. The number of hydrogen-bond donors (Lipinski definition) is 0. The van der Waals surface area contributed by atoms with Crippen molar-refractivity contribution in [1.29, 1.82) is 0 Å². The van der Waals surface area contributed by atoms with Crippen molar-refractivity contribution < 1.29 is 3.89 Å². The minimum Gasteiger partial charge on any atom is -0.160 e. The molecule has 1 aromatic rings. The van der Waals surface area contributed by atoms with E-state index < -0.39 is 0 Å². The molecule has 0 amide bonds. The summed E-state index contributed by atoms with van der Waals surface area (Å²) in [6, 6.07) is 4.61. The van der Waals surface area contributed by atoms with E-state index in [0.717, 1.165) is 0 Å². The van der Waals surface area contributed by atoms with Crippen LogP contribution in [0.2, 0.25) is 10.0 Å². The smallest absolute Gasteiger partial charge is 0.0812 e. The van der Waals surface area contributed by atoms with Crippen molar-refractivity contribution in [3.05, 3.63) is 28.2 Å². The van der Waals surface area contributed by atoms with Gasteiger partial charge in [-0.15, -0.1) is 0 Å². The Balaban J connectivity index is 3.04. The van der Waals surface area contributed by atoms with Crippen LogP contribution in [0.25, 0.3) is 0 Å². The fourth-order valence-electron chi connectivity index (χ4n) is 0.525. The maximum absolute atomic E-state index is 11.9. The lowest BCUT2D eigenvalue weighted by atomic mass is 10.4.